The van der Waals surface area contributed by atoms with Crippen LogP contribution in [0, 0.1) is 6.92 Å². The van der Waals surface area contributed by atoms with Crippen molar-refractivity contribution in [3.63, 3.8) is 0 Å². The summed E-state index contributed by atoms with van der Waals surface area (Å²) >= 11 is 7.34. The maximum absolute atomic E-state index is 5.76. The van der Waals surface area contributed by atoms with Gasteiger partial charge in [-0.2, -0.15) is 0 Å². The molecule has 1 atom stereocenters. The number of aryl methyl sites for hydroxylation is 1. The quantitative estimate of drug-likeness (QED) is 0.795. The Morgan fingerprint density at radius 3 is 2.64 bits per heavy atom. The van der Waals surface area contributed by atoms with Gasteiger partial charge in [-0.05, 0) is 26.7 Å². The van der Waals surface area contributed by atoms with E-state index in [9.17, 15) is 0 Å². The first-order chi connectivity index (χ1) is 6.59. The Labute approximate surface area is 93.9 Å². The second-order valence-corrected chi connectivity index (χ2v) is 5.16. The Kier molecular flexibility index (Phi) is 4.13. The molecule has 1 unspecified atom stereocenters. The largest absolute Gasteiger partial charge is 0.355 e. The van der Waals surface area contributed by atoms with Crippen LogP contribution in [0.3, 0.4) is 0 Å². The lowest BCUT2D eigenvalue weighted by Gasteiger charge is -2.28. The van der Waals surface area contributed by atoms with Gasteiger partial charge in [0.25, 0.3) is 0 Å². The molecule has 0 aromatic carbocycles. The Morgan fingerprint density at radius 2 is 2.21 bits per heavy atom. The zero-order valence-corrected chi connectivity index (χ0v) is 10.4. The minimum absolute atomic E-state index is 0.0354. The molecule has 0 bridgehead atoms. The highest BCUT2D eigenvalue weighted by Crippen LogP contribution is 2.24. The third-order valence-corrected chi connectivity index (χ3v) is 3.30. The third-order valence-electron chi connectivity index (χ3n) is 2.36. The van der Waals surface area contributed by atoms with Crippen LogP contribution in [0.2, 0.25) is 0 Å². The van der Waals surface area contributed by atoms with Crippen molar-refractivity contribution in [3.8, 4) is 0 Å². The van der Waals surface area contributed by atoms with Crippen LogP contribution < -0.4 is 5.32 Å². The highest BCUT2D eigenvalue weighted by Gasteiger charge is 2.22. The first-order valence-electron chi connectivity index (χ1n) is 4.74. The maximum Gasteiger partial charge on any atom is 0.206 e. The molecule has 0 aliphatic carbocycles. The molecule has 0 radical (unpaired) electrons. The van der Waals surface area contributed by atoms with Gasteiger partial charge < -0.3 is 5.32 Å². The molecule has 0 spiro atoms. The summed E-state index contributed by atoms with van der Waals surface area (Å²) in [4.78, 5) is 0. The van der Waals surface area contributed by atoms with E-state index in [0.29, 0.717) is 5.88 Å². The number of nitrogens with one attached hydrogen (secondary N) is 1. The monoisotopic (exact) mass is 233 g/mol. The zero-order chi connectivity index (χ0) is 10.6. The van der Waals surface area contributed by atoms with Gasteiger partial charge in [0.1, 0.15) is 5.01 Å². The molecule has 1 aromatic heterocycles. The smallest absolute Gasteiger partial charge is 0.206 e. The predicted octanol–water partition coefficient (Wildman–Crippen LogP) is 3.06. The summed E-state index contributed by atoms with van der Waals surface area (Å²) in [6.45, 7) is 6.26. The van der Waals surface area contributed by atoms with Crippen LogP contribution in [0.4, 0.5) is 5.13 Å². The molecule has 3 nitrogen and oxygen atoms in total. The maximum atomic E-state index is 5.76. The first-order valence-corrected chi connectivity index (χ1v) is 6.09. The normalized spacial score (nSPS) is 15.1. The minimum Gasteiger partial charge on any atom is -0.355 e. The molecule has 0 saturated carbocycles. The average Bonchev–Trinajstić information content (AvgIpc) is 2.51. The van der Waals surface area contributed by atoms with Crippen molar-refractivity contribution >= 4 is 28.1 Å². The summed E-state index contributed by atoms with van der Waals surface area (Å²) in [6, 6.07) is 0. The van der Waals surface area contributed by atoms with Crippen LogP contribution in [0.1, 0.15) is 31.7 Å². The van der Waals surface area contributed by atoms with Crippen molar-refractivity contribution in [2.45, 2.75) is 39.2 Å². The summed E-state index contributed by atoms with van der Waals surface area (Å²) in [7, 11) is 0. The molecule has 1 heterocycles. The lowest BCUT2D eigenvalue weighted by molar-refractivity contribution is 0.480. The van der Waals surface area contributed by atoms with Gasteiger partial charge in [0.05, 0.1) is 0 Å². The van der Waals surface area contributed by atoms with Crippen molar-refractivity contribution in [2.75, 3.05) is 11.2 Å². The molecular formula is C9H16ClN3S. The van der Waals surface area contributed by atoms with Crippen molar-refractivity contribution in [2.24, 2.45) is 0 Å². The van der Waals surface area contributed by atoms with E-state index in [4.69, 9.17) is 11.6 Å². The lowest BCUT2D eigenvalue weighted by atomic mass is 9.96. The SMILES string of the molecule is CCC(C)(CCCl)Nc1nnc(C)s1. The Hall–Kier alpha value is -0.350. The second-order valence-electron chi connectivity index (χ2n) is 3.60. The Balaban J connectivity index is 2.64. The van der Waals surface area contributed by atoms with Crippen LogP contribution >= 0.6 is 22.9 Å². The van der Waals surface area contributed by atoms with Gasteiger partial charge in [-0.25, -0.2) is 0 Å². The van der Waals surface area contributed by atoms with Gasteiger partial charge in [0.15, 0.2) is 0 Å². The van der Waals surface area contributed by atoms with E-state index in [1.165, 1.54) is 0 Å². The highest BCUT2D eigenvalue weighted by atomic mass is 35.5. The van der Waals surface area contributed by atoms with E-state index in [-0.39, 0.29) is 5.54 Å². The predicted molar refractivity (Wildman–Crippen MR) is 62.3 cm³/mol. The van der Waals surface area contributed by atoms with Gasteiger partial charge in [-0.3, -0.25) is 0 Å². The molecule has 1 rings (SSSR count). The summed E-state index contributed by atoms with van der Waals surface area (Å²) in [5, 5.41) is 13.3. The molecule has 0 aliphatic rings. The van der Waals surface area contributed by atoms with Gasteiger partial charge in [0, 0.05) is 11.4 Å². The van der Waals surface area contributed by atoms with E-state index in [1.54, 1.807) is 11.3 Å². The molecule has 0 amide bonds. The van der Waals surface area contributed by atoms with E-state index in [0.717, 1.165) is 23.0 Å². The fourth-order valence-corrected chi connectivity index (χ4v) is 2.30. The Morgan fingerprint density at radius 1 is 1.50 bits per heavy atom. The number of nitrogens with zero attached hydrogens (tertiary/aromatic N) is 2. The van der Waals surface area contributed by atoms with E-state index in [1.807, 2.05) is 6.92 Å². The molecular weight excluding hydrogens is 218 g/mol. The summed E-state index contributed by atoms with van der Waals surface area (Å²) in [6.07, 6.45) is 1.96. The van der Waals surface area contributed by atoms with Gasteiger partial charge >= 0.3 is 0 Å². The van der Waals surface area contributed by atoms with Crippen LogP contribution in [0.25, 0.3) is 0 Å². The number of halogens is 1. The molecule has 0 saturated heterocycles. The van der Waals surface area contributed by atoms with Gasteiger partial charge in [-0.1, -0.05) is 18.3 Å². The van der Waals surface area contributed by atoms with Crippen LogP contribution in [-0.2, 0) is 0 Å². The van der Waals surface area contributed by atoms with E-state index in [2.05, 4.69) is 29.4 Å². The van der Waals surface area contributed by atoms with Crippen molar-refractivity contribution in [1.82, 2.24) is 10.2 Å². The molecule has 5 heteroatoms. The number of aromatic nitrogens is 2. The highest BCUT2D eigenvalue weighted by molar-refractivity contribution is 7.15. The standard InChI is InChI=1S/C9H16ClN3S/c1-4-9(3,5-6-10)11-8-13-12-7(2)14-8/h4-6H2,1-3H3,(H,11,13). The number of rotatable bonds is 5. The summed E-state index contributed by atoms with van der Waals surface area (Å²) in [5.41, 5.74) is 0.0354. The molecule has 1 aromatic rings. The molecule has 80 valence electrons. The average molecular weight is 234 g/mol. The number of alkyl halides is 1. The second kappa shape index (κ2) is 4.94. The third kappa shape index (κ3) is 3.10. The van der Waals surface area contributed by atoms with Crippen molar-refractivity contribution in [1.29, 1.82) is 0 Å². The molecule has 0 fully saturated rings. The lowest BCUT2D eigenvalue weighted by Crippen LogP contribution is -2.34. The number of hydrogen-bond acceptors (Lipinski definition) is 4. The zero-order valence-electron chi connectivity index (χ0n) is 8.80. The van der Waals surface area contributed by atoms with Crippen LogP contribution in [0.5, 0.6) is 0 Å². The summed E-state index contributed by atoms with van der Waals surface area (Å²) in [5.74, 6) is 0.662. The molecule has 14 heavy (non-hydrogen) atoms. The van der Waals surface area contributed by atoms with Crippen molar-refractivity contribution < 1.29 is 0 Å². The minimum atomic E-state index is 0.0354. The van der Waals surface area contributed by atoms with Gasteiger partial charge in [-0.15, -0.1) is 21.8 Å². The fraction of sp³-hybridized carbons (Fsp3) is 0.778. The van der Waals surface area contributed by atoms with E-state index >= 15 is 0 Å². The summed E-state index contributed by atoms with van der Waals surface area (Å²) < 4.78 is 0. The molecule has 0 aliphatic heterocycles. The number of anilines is 1. The Bertz CT molecular complexity index is 289. The van der Waals surface area contributed by atoms with Gasteiger partial charge in [0.2, 0.25) is 5.13 Å². The fourth-order valence-electron chi connectivity index (χ4n) is 1.14. The molecule has 1 N–H and O–H groups in total. The van der Waals surface area contributed by atoms with E-state index < -0.39 is 0 Å². The number of hydrogen-bond donors (Lipinski definition) is 1. The van der Waals surface area contributed by atoms with Crippen LogP contribution in [0.15, 0.2) is 0 Å². The van der Waals surface area contributed by atoms with Crippen LogP contribution in [-0.4, -0.2) is 21.6 Å². The topological polar surface area (TPSA) is 37.8 Å². The van der Waals surface area contributed by atoms with Crippen molar-refractivity contribution in [3.05, 3.63) is 5.01 Å². The first kappa shape index (κ1) is 11.7.